The highest BCUT2D eigenvalue weighted by molar-refractivity contribution is 6.29. The van der Waals surface area contributed by atoms with Crippen LogP contribution in [0.15, 0.2) is 76.9 Å². The standard InChI is InChI=1S/C33H32O2/c1-31(2,3)17-18-12-13-20-24(14-18)33(6,7)30-26(35)15-21-22(28(20)30)16-25(34)29-27(21)19-10-8-9-11-23(19)32(29,4)5/h8-16H,17H2,1-7H3. The molecule has 2 heteroatoms. The fraction of sp³-hybridized carbons (Fsp3) is 0.333. The van der Waals surface area contributed by atoms with Gasteiger partial charge in [0, 0.05) is 22.0 Å². The van der Waals surface area contributed by atoms with Crippen molar-refractivity contribution in [1.29, 1.82) is 0 Å². The zero-order valence-electron chi connectivity index (χ0n) is 21.7. The SMILES string of the molecule is CC(C)(C)Cc1ccc2c(c1)C(C)(C)C1=C2C2=CC(=O)C3=C(C2=CC1=O)c1ccccc1C3(C)C. The molecular formula is C33H32O2. The molecule has 0 unspecified atom stereocenters. The molecule has 4 aliphatic carbocycles. The van der Waals surface area contributed by atoms with Crippen molar-refractivity contribution in [3.05, 3.63) is 105 Å². The van der Waals surface area contributed by atoms with E-state index in [2.05, 4.69) is 78.8 Å². The van der Waals surface area contributed by atoms with E-state index in [1.54, 1.807) is 12.2 Å². The Kier molecular flexibility index (Phi) is 4.25. The summed E-state index contributed by atoms with van der Waals surface area (Å²) in [6.45, 7) is 15.3. The molecule has 0 radical (unpaired) electrons. The van der Waals surface area contributed by atoms with Gasteiger partial charge in [-0.25, -0.2) is 0 Å². The second-order valence-electron chi connectivity index (χ2n) is 12.8. The third-order valence-corrected chi connectivity index (χ3v) is 8.25. The number of hydrogen-bond acceptors (Lipinski definition) is 2. The summed E-state index contributed by atoms with van der Waals surface area (Å²) in [6.07, 6.45) is 4.57. The van der Waals surface area contributed by atoms with Gasteiger partial charge in [0.25, 0.3) is 0 Å². The summed E-state index contributed by atoms with van der Waals surface area (Å²) in [6, 6.07) is 14.9. The highest BCUT2D eigenvalue weighted by Gasteiger charge is 2.49. The first-order valence-corrected chi connectivity index (χ1v) is 12.6. The van der Waals surface area contributed by atoms with Crippen molar-refractivity contribution in [3.8, 4) is 0 Å². The van der Waals surface area contributed by atoms with Gasteiger partial charge in [0.15, 0.2) is 11.6 Å². The number of carbonyl (C=O) groups excluding carboxylic acids is 2. The highest BCUT2D eigenvalue weighted by Crippen LogP contribution is 2.59. The minimum atomic E-state index is -0.414. The molecule has 2 aromatic rings. The van der Waals surface area contributed by atoms with Crippen LogP contribution < -0.4 is 0 Å². The molecule has 0 saturated heterocycles. The van der Waals surface area contributed by atoms with Gasteiger partial charge in [-0.1, -0.05) is 90.9 Å². The molecule has 35 heavy (non-hydrogen) atoms. The van der Waals surface area contributed by atoms with Crippen molar-refractivity contribution >= 4 is 22.7 Å². The molecule has 0 N–H and O–H groups in total. The molecule has 0 heterocycles. The lowest BCUT2D eigenvalue weighted by atomic mass is 9.71. The maximum Gasteiger partial charge on any atom is 0.183 e. The Bertz CT molecular complexity index is 1510. The van der Waals surface area contributed by atoms with Gasteiger partial charge in [-0.2, -0.15) is 0 Å². The fourth-order valence-electron chi connectivity index (χ4n) is 6.86. The number of benzene rings is 2. The van der Waals surface area contributed by atoms with Crippen molar-refractivity contribution in [3.63, 3.8) is 0 Å². The Labute approximate surface area is 208 Å². The Morgan fingerprint density at radius 1 is 0.686 bits per heavy atom. The maximum atomic E-state index is 13.8. The lowest BCUT2D eigenvalue weighted by Crippen LogP contribution is -2.27. The van der Waals surface area contributed by atoms with Crippen molar-refractivity contribution in [2.24, 2.45) is 5.41 Å². The monoisotopic (exact) mass is 460 g/mol. The van der Waals surface area contributed by atoms with E-state index in [9.17, 15) is 9.59 Å². The van der Waals surface area contributed by atoms with Gasteiger partial charge in [-0.3, -0.25) is 9.59 Å². The van der Waals surface area contributed by atoms with Gasteiger partial charge in [0.1, 0.15) is 0 Å². The summed E-state index contributed by atoms with van der Waals surface area (Å²) in [7, 11) is 0. The fourth-order valence-corrected chi connectivity index (χ4v) is 6.86. The van der Waals surface area contributed by atoms with E-state index in [-0.39, 0.29) is 17.0 Å². The van der Waals surface area contributed by atoms with E-state index >= 15 is 0 Å². The molecule has 0 spiro atoms. The number of allylic oxidation sites excluding steroid dienone is 8. The normalized spacial score (nSPS) is 21.2. The summed E-state index contributed by atoms with van der Waals surface area (Å²) >= 11 is 0. The predicted octanol–water partition coefficient (Wildman–Crippen LogP) is 7.08. The average molecular weight is 461 g/mol. The minimum absolute atomic E-state index is 0.0603. The van der Waals surface area contributed by atoms with Crippen molar-refractivity contribution < 1.29 is 9.59 Å². The lowest BCUT2D eigenvalue weighted by Gasteiger charge is -2.30. The van der Waals surface area contributed by atoms with E-state index < -0.39 is 10.8 Å². The maximum absolute atomic E-state index is 13.8. The molecule has 0 bridgehead atoms. The van der Waals surface area contributed by atoms with Gasteiger partial charge < -0.3 is 0 Å². The van der Waals surface area contributed by atoms with Crippen LogP contribution in [0.3, 0.4) is 0 Å². The number of ketones is 2. The molecule has 0 aromatic heterocycles. The first-order valence-electron chi connectivity index (χ1n) is 12.6. The second kappa shape index (κ2) is 6.69. The van der Waals surface area contributed by atoms with Gasteiger partial charge >= 0.3 is 0 Å². The molecule has 0 amide bonds. The Balaban J connectivity index is 1.56. The average Bonchev–Trinajstić information content (AvgIpc) is 3.14. The number of hydrogen-bond donors (Lipinski definition) is 0. The summed E-state index contributed by atoms with van der Waals surface area (Å²) < 4.78 is 0. The number of fused-ring (bicyclic) bond motifs is 7. The van der Waals surface area contributed by atoms with Crippen LogP contribution in [0.1, 0.15) is 76.3 Å². The summed E-state index contributed by atoms with van der Waals surface area (Å²) in [4.78, 5) is 27.5. The Hall–Kier alpha value is -3.26. The van der Waals surface area contributed by atoms with Crippen molar-refractivity contribution in [2.45, 2.75) is 65.7 Å². The minimum Gasteiger partial charge on any atom is -0.290 e. The second-order valence-corrected chi connectivity index (χ2v) is 12.8. The quantitative estimate of drug-likeness (QED) is 0.455. The van der Waals surface area contributed by atoms with Crippen LogP contribution in [-0.2, 0) is 26.8 Å². The molecule has 2 nitrogen and oxygen atoms in total. The van der Waals surface area contributed by atoms with E-state index in [1.807, 2.05) is 12.1 Å². The smallest absolute Gasteiger partial charge is 0.183 e. The van der Waals surface area contributed by atoms with Gasteiger partial charge in [0.2, 0.25) is 0 Å². The third kappa shape index (κ3) is 2.89. The van der Waals surface area contributed by atoms with Gasteiger partial charge in [0.05, 0.1) is 0 Å². The molecular weight excluding hydrogens is 428 g/mol. The third-order valence-electron chi connectivity index (χ3n) is 8.25. The van der Waals surface area contributed by atoms with Gasteiger partial charge in [-0.15, -0.1) is 0 Å². The molecule has 6 rings (SSSR count). The highest BCUT2D eigenvalue weighted by atomic mass is 16.1. The topological polar surface area (TPSA) is 34.1 Å². The van der Waals surface area contributed by atoms with Crippen LogP contribution in [0.25, 0.3) is 11.1 Å². The Morgan fingerprint density at radius 2 is 1.20 bits per heavy atom. The predicted molar refractivity (Wildman–Crippen MR) is 142 cm³/mol. The first kappa shape index (κ1) is 22.2. The van der Waals surface area contributed by atoms with E-state index in [0.29, 0.717) is 0 Å². The van der Waals surface area contributed by atoms with Crippen LogP contribution in [0, 0.1) is 5.41 Å². The molecule has 4 aliphatic rings. The van der Waals surface area contributed by atoms with Gasteiger partial charge in [-0.05, 0) is 74.1 Å². The lowest BCUT2D eigenvalue weighted by molar-refractivity contribution is -0.113. The van der Waals surface area contributed by atoms with Crippen LogP contribution in [0.5, 0.6) is 0 Å². The first-order chi connectivity index (χ1) is 16.3. The van der Waals surface area contributed by atoms with Crippen LogP contribution in [0.2, 0.25) is 0 Å². The number of carbonyl (C=O) groups is 2. The molecule has 0 fully saturated rings. The summed E-state index contributed by atoms with van der Waals surface area (Å²) in [5.74, 6) is 0.124. The molecule has 2 aromatic carbocycles. The van der Waals surface area contributed by atoms with E-state index in [4.69, 9.17) is 0 Å². The molecule has 0 atom stereocenters. The zero-order chi connectivity index (χ0) is 25.1. The summed E-state index contributed by atoms with van der Waals surface area (Å²) in [5, 5.41) is 0. The van der Waals surface area contributed by atoms with Crippen molar-refractivity contribution in [1.82, 2.24) is 0 Å². The van der Waals surface area contributed by atoms with E-state index in [1.165, 1.54) is 11.1 Å². The van der Waals surface area contributed by atoms with Crippen LogP contribution >= 0.6 is 0 Å². The number of rotatable bonds is 1. The zero-order valence-corrected chi connectivity index (χ0v) is 21.7. The van der Waals surface area contributed by atoms with E-state index in [0.717, 1.165) is 56.5 Å². The molecule has 176 valence electrons. The summed E-state index contributed by atoms with van der Waals surface area (Å²) in [5.41, 5.74) is 10.5. The Morgan fingerprint density at radius 3 is 1.77 bits per heavy atom. The molecule has 0 saturated carbocycles. The largest absolute Gasteiger partial charge is 0.290 e. The van der Waals surface area contributed by atoms with Crippen molar-refractivity contribution in [2.75, 3.05) is 0 Å². The van der Waals surface area contributed by atoms with Crippen LogP contribution in [0.4, 0.5) is 0 Å². The van der Waals surface area contributed by atoms with Crippen LogP contribution in [-0.4, -0.2) is 11.6 Å². The molecule has 0 aliphatic heterocycles.